The summed E-state index contributed by atoms with van der Waals surface area (Å²) in [6, 6.07) is 1.63. The molecule has 0 atom stereocenters. The predicted octanol–water partition coefficient (Wildman–Crippen LogP) is 3.61. The highest BCUT2D eigenvalue weighted by molar-refractivity contribution is 14.1. The highest BCUT2D eigenvalue weighted by Crippen LogP contribution is 2.26. The van der Waals surface area contributed by atoms with Crippen molar-refractivity contribution >= 4 is 57.7 Å². The second-order valence-corrected chi connectivity index (χ2v) is 4.55. The van der Waals surface area contributed by atoms with Gasteiger partial charge in [-0.2, -0.15) is 0 Å². The minimum Gasteiger partial charge on any atom is -0.266 e. The summed E-state index contributed by atoms with van der Waals surface area (Å²) in [5.41, 5.74) is 0.633. The molecule has 74 valence electrons. The third-order valence-electron chi connectivity index (χ3n) is 1.72. The molecule has 0 radical (unpaired) electrons. The first-order valence-electron chi connectivity index (χ1n) is 3.51. The van der Waals surface area contributed by atoms with Crippen molar-refractivity contribution in [2.75, 3.05) is 0 Å². The van der Waals surface area contributed by atoms with E-state index in [2.05, 4.69) is 4.98 Å². The molecule has 2 rings (SSSR count). The molecule has 0 saturated carbocycles. The molecule has 0 unspecified atom stereocenters. The number of nitrogens with zero attached hydrogens (tertiary/aromatic N) is 2. The number of aromatic nitrogens is 2. The maximum atomic E-state index is 13.4. The van der Waals surface area contributed by atoms with Crippen molar-refractivity contribution in [2.24, 2.45) is 0 Å². The summed E-state index contributed by atoms with van der Waals surface area (Å²) in [6.07, 6.45) is 3.19. The van der Waals surface area contributed by atoms with Crippen molar-refractivity contribution in [2.45, 2.75) is 0 Å². The van der Waals surface area contributed by atoms with Gasteiger partial charge in [0.2, 0.25) is 0 Å². The van der Waals surface area contributed by atoms with Crippen LogP contribution in [0, 0.1) is 5.82 Å². The van der Waals surface area contributed by atoms with Crippen LogP contribution in [-0.2, 0) is 2.51 Å². The van der Waals surface area contributed by atoms with Crippen LogP contribution < -0.4 is 0 Å². The smallest absolute Gasteiger partial charge is 0.169 e. The average Bonchev–Trinajstić information content (AvgIpc) is 2.57. The Morgan fingerprint density at radius 2 is 2.43 bits per heavy atom. The highest BCUT2D eigenvalue weighted by Gasteiger charge is 2.10. The Hall–Kier alpha value is -0.0500. The Morgan fingerprint density at radius 1 is 1.64 bits per heavy atom. The van der Waals surface area contributed by atoms with Crippen molar-refractivity contribution in [1.82, 2.24) is 8.96 Å². The van der Waals surface area contributed by atoms with E-state index < -0.39 is 5.82 Å². The first kappa shape index (κ1) is 10.5. The Kier molecular flexibility index (Phi) is 3.15. The number of rotatable bonds is 2. The molecule has 0 aliphatic rings. The zero-order valence-corrected chi connectivity index (χ0v) is 10.3. The van der Waals surface area contributed by atoms with E-state index in [-0.39, 0.29) is 5.15 Å². The van der Waals surface area contributed by atoms with Crippen molar-refractivity contribution in [1.29, 1.82) is 0 Å². The lowest BCUT2D eigenvalue weighted by atomic mass is 10.3. The van der Waals surface area contributed by atoms with Crippen LogP contribution in [-0.4, -0.2) is 8.96 Å². The van der Waals surface area contributed by atoms with Crippen LogP contribution in [0.4, 0.5) is 4.39 Å². The van der Waals surface area contributed by atoms with E-state index in [4.69, 9.17) is 14.1 Å². The van der Waals surface area contributed by atoms with Gasteiger partial charge >= 0.3 is 0 Å². The van der Waals surface area contributed by atoms with E-state index in [1.54, 1.807) is 39.2 Å². The molecular formula is C7H3ClFIN2OS. The van der Waals surface area contributed by atoms with Crippen molar-refractivity contribution < 1.29 is 6.90 Å². The lowest BCUT2D eigenvalue weighted by molar-refractivity contribution is 0.634. The van der Waals surface area contributed by atoms with E-state index in [1.807, 2.05) is 0 Å². The molecule has 2 aromatic rings. The average molecular weight is 345 g/mol. The third kappa shape index (κ3) is 1.71. The molecule has 0 aromatic carbocycles. The van der Waals surface area contributed by atoms with E-state index in [0.29, 0.717) is 10.9 Å². The summed E-state index contributed by atoms with van der Waals surface area (Å²) in [5, 5.41) is 0.321. The van der Waals surface area contributed by atoms with Gasteiger partial charge in [0, 0.05) is 11.6 Å². The Bertz CT molecular complexity index is 478. The number of hydrogen-bond acceptors (Lipinski definition) is 3. The van der Waals surface area contributed by atoms with E-state index in [1.165, 1.54) is 6.20 Å². The molecule has 0 bridgehead atoms. The SMILES string of the molecule is Fc1c(Cl)ncc2c1ccn2SOI. The summed E-state index contributed by atoms with van der Waals surface area (Å²) in [7, 11) is 0. The van der Waals surface area contributed by atoms with Crippen molar-refractivity contribution in [3.05, 3.63) is 29.4 Å². The van der Waals surface area contributed by atoms with Gasteiger partial charge in [0.1, 0.15) is 35.2 Å². The fourth-order valence-electron chi connectivity index (χ4n) is 1.12. The Balaban J connectivity index is 2.64. The summed E-state index contributed by atoms with van der Waals surface area (Å²) >= 11 is 8.36. The first-order chi connectivity index (χ1) is 6.74. The number of halogens is 3. The fourth-order valence-corrected chi connectivity index (χ4v) is 2.19. The van der Waals surface area contributed by atoms with Gasteiger partial charge in [0.15, 0.2) is 11.0 Å². The quantitative estimate of drug-likeness (QED) is 0.473. The number of fused-ring (bicyclic) bond motifs is 1. The molecule has 7 heteroatoms. The van der Waals surface area contributed by atoms with Crippen LogP contribution in [0.3, 0.4) is 0 Å². The largest absolute Gasteiger partial charge is 0.266 e. The van der Waals surface area contributed by atoms with Crippen LogP contribution >= 0.6 is 46.8 Å². The Labute approximate surface area is 103 Å². The van der Waals surface area contributed by atoms with Gasteiger partial charge in [0.25, 0.3) is 0 Å². The molecular weight excluding hydrogens is 342 g/mol. The van der Waals surface area contributed by atoms with Gasteiger partial charge < -0.3 is 0 Å². The topological polar surface area (TPSA) is 27.1 Å². The maximum Gasteiger partial charge on any atom is 0.169 e. The maximum absolute atomic E-state index is 13.4. The summed E-state index contributed by atoms with van der Waals surface area (Å²) < 4.78 is 19.9. The van der Waals surface area contributed by atoms with E-state index in [0.717, 1.165) is 12.2 Å². The molecule has 0 aliphatic carbocycles. The minimum absolute atomic E-state index is 0.115. The molecule has 14 heavy (non-hydrogen) atoms. The van der Waals surface area contributed by atoms with E-state index in [9.17, 15) is 4.39 Å². The van der Waals surface area contributed by atoms with Crippen LogP contribution in [0.2, 0.25) is 5.15 Å². The molecule has 3 nitrogen and oxygen atoms in total. The normalized spacial score (nSPS) is 11.1. The summed E-state index contributed by atoms with van der Waals surface area (Å²) in [5.74, 6) is -0.503. The molecule has 0 aliphatic heterocycles. The van der Waals surface area contributed by atoms with Gasteiger partial charge in [-0.1, -0.05) is 11.6 Å². The summed E-state index contributed by atoms with van der Waals surface area (Å²) in [4.78, 5) is 3.72. The number of pyridine rings is 1. The zero-order valence-electron chi connectivity index (χ0n) is 6.58. The molecule has 2 aromatic heterocycles. The van der Waals surface area contributed by atoms with E-state index >= 15 is 0 Å². The second-order valence-electron chi connectivity index (χ2n) is 2.44. The standard InChI is InChI=1S/C7H3ClFIN2OS/c8-7-6(9)4-1-2-12(14-13-10)5(4)3-11-7/h1-3H. The third-order valence-corrected chi connectivity index (χ3v) is 3.00. The van der Waals surface area contributed by atoms with Gasteiger partial charge in [-0.3, -0.25) is 3.97 Å². The molecule has 2 heterocycles. The van der Waals surface area contributed by atoms with Crippen molar-refractivity contribution in [3.8, 4) is 0 Å². The van der Waals surface area contributed by atoms with Gasteiger partial charge in [-0.05, 0) is 6.07 Å². The van der Waals surface area contributed by atoms with Crippen LogP contribution in [0.5, 0.6) is 0 Å². The lowest BCUT2D eigenvalue weighted by Gasteiger charge is -1.99. The van der Waals surface area contributed by atoms with Crippen LogP contribution in [0.25, 0.3) is 10.9 Å². The molecule has 0 saturated heterocycles. The van der Waals surface area contributed by atoms with Crippen molar-refractivity contribution in [3.63, 3.8) is 0 Å². The number of hydrogen-bond donors (Lipinski definition) is 0. The fraction of sp³-hybridized carbons (Fsp3) is 0. The zero-order chi connectivity index (χ0) is 10.1. The molecule has 0 fully saturated rings. The highest BCUT2D eigenvalue weighted by atomic mass is 127. The summed E-state index contributed by atoms with van der Waals surface area (Å²) in [6.45, 7) is 0. The predicted molar refractivity (Wildman–Crippen MR) is 62.8 cm³/mol. The van der Waals surface area contributed by atoms with Gasteiger partial charge in [0.05, 0.1) is 11.7 Å². The van der Waals surface area contributed by atoms with Gasteiger partial charge in [-0.15, -0.1) is 0 Å². The molecule has 0 spiro atoms. The first-order valence-corrected chi connectivity index (χ1v) is 5.46. The second kappa shape index (κ2) is 4.21. The Morgan fingerprint density at radius 3 is 3.14 bits per heavy atom. The lowest BCUT2D eigenvalue weighted by Crippen LogP contribution is -1.87. The monoisotopic (exact) mass is 344 g/mol. The van der Waals surface area contributed by atoms with Crippen LogP contribution in [0.1, 0.15) is 0 Å². The van der Waals surface area contributed by atoms with Gasteiger partial charge in [-0.25, -0.2) is 11.9 Å². The molecule has 0 amide bonds. The minimum atomic E-state index is -0.503. The van der Waals surface area contributed by atoms with Crippen LogP contribution in [0.15, 0.2) is 18.5 Å². The molecule has 0 N–H and O–H groups in total.